The van der Waals surface area contributed by atoms with Crippen LogP contribution in [0, 0.1) is 5.92 Å². The van der Waals surface area contributed by atoms with E-state index in [0.717, 1.165) is 0 Å². The Labute approximate surface area is 141 Å². The lowest BCUT2D eigenvalue weighted by molar-refractivity contribution is -0.162. The van der Waals surface area contributed by atoms with Crippen LogP contribution in [0.5, 0.6) is 0 Å². The molecule has 8 nitrogen and oxygen atoms in total. The van der Waals surface area contributed by atoms with Crippen LogP contribution in [-0.4, -0.2) is 54.7 Å². The van der Waals surface area contributed by atoms with E-state index in [0.29, 0.717) is 17.6 Å². The van der Waals surface area contributed by atoms with Crippen LogP contribution in [0.25, 0.3) is 11.2 Å². The lowest BCUT2D eigenvalue weighted by atomic mass is 10.1. The molecule has 4 rings (SSSR count). The van der Waals surface area contributed by atoms with Gasteiger partial charge < -0.3 is 14.6 Å². The van der Waals surface area contributed by atoms with Crippen molar-refractivity contribution in [3.8, 4) is 0 Å². The first-order valence-corrected chi connectivity index (χ1v) is 8.05. The van der Waals surface area contributed by atoms with Crippen molar-refractivity contribution in [2.45, 2.75) is 44.3 Å². The summed E-state index contributed by atoms with van der Waals surface area (Å²) in [7, 11) is 0. The average molecular weight is 360 g/mol. The third-order valence-corrected chi connectivity index (χ3v) is 4.79. The molecule has 1 saturated carbocycles. The van der Waals surface area contributed by atoms with Crippen molar-refractivity contribution in [1.82, 2.24) is 25.0 Å². The number of halogens is 2. The van der Waals surface area contributed by atoms with E-state index < -0.39 is 5.79 Å². The predicted molar refractivity (Wildman–Crippen MR) is 81.2 cm³/mol. The molecule has 0 spiro atoms. The molecule has 0 aromatic carbocycles. The first-order valence-electron chi connectivity index (χ1n) is 7.30. The Hall–Kier alpha value is -1.06. The van der Waals surface area contributed by atoms with E-state index >= 15 is 0 Å². The molecule has 3 heterocycles. The fourth-order valence-electron chi connectivity index (χ4n) is 3.47. The SMILES string of the molecule is CC1(C)O[C@@H]2[C@H](O1)C(CO)C[C@H]2n1nnc2c(Cl)nc(Cl)nc21. The van der Waals surface area contributed by atoms with Gasteiger partial charge in [0.15, 0.2) is 22.1 Å². The van der Waals surface area contributed by atoms with Gasteiger partial charge in [-0.15, -0.1) is 5.10 Å². The molecule has 1 aliphatic carbocycles. The van der Waals surface area contributed by atoms with Crippen LogP contribution in [0.1, 0.15) is 26.3 Å². The lowest BCUT2D eigenvalue weighted by Crippen LogP contribution is -2.28. The number of rotatable bonds is 2. The first kappa shape index (κ1) is 15.5. The summed E-state index contributed by atoms with van der Waals surface area (Å²) in [4.78, 5) is 8.06. The molecule has 2 aliphatic rings. The van der Waals surface area contributed by atoms with Gasteiger partial charge in [-0.1, -0.05) is 16.8 Å². The molecule has 124 valence electrons. The van der Waals surface area contributed by atoms with E-state index in [1.807, 2.05) is 13.8 Å². The summed E-state index contributed by atoms with van der Waals surface area (Å²) in [6.07, 6.45) is 0.186. The molecule has 0 bridgehead atoms. The van der Waals surface area contributed by atoms with Gasteiger partial charge in [-0.3, -0.25) is 0 Å². The van der Waals surface area contributed by atoms with Crippen LogP contribution in [0.2, 0.25) is 10.4 Å². The van der Waals surface area contributed by atoms with Crippen LogP contribution in [0.15, 0.2) is 0 Å². The summed E-state index contributed by atoms with van der Waals surface area (Å²) in [6, 6.07) is -0.175. The third-order valence-electron chi connectivity index (χ3n) is 4.35. The Morgan fingerprint density at radius 3 is 2.74 bits per heavy atom. The van der Waals surface area contributed by atoms with E-state index in [1.54, 1.807) is 4.68 Å². The number of ether oxygens (including phenoxy) is 2. The van der Waals surface area contributed by atoms with Gasteiger partial charge in [0.25, 0.3) is 0 Å². The Morgan fingerprint density at radius 2 is 2.00 bits per heavy atom. The van der Waals surface area contributed by atoms with Crippen molar-refractivity contribution in [1.29, 1.82) is 0 Å². The fourth-order valence-corrected chi connectivity index (χ4v) is 3.88. The van der Waals surface area contributed by atoms with Crippen LogP contribution < -0.4 is 0 Å². The maximum Gasteiger partial charge on any atom is 0.225 e. The number of nitrogens with zero attached hydrogens (tertiary/aromatic N) is 5. The standard InChI is InChI=1S/C13H15Cl2N5O3/c1-13(2)22-8-5(4-21)3-6(9(8)23-13)20-11-7(18-19-20)10(14)16-12(15)17-11/h5-6,8-9,21H,3-4H2,1-2H3/t5?,6-,8-,9+/m1/s1. The second-order valence-corrected chi connectivity index (χ2v) is 7.00. The first-order chi connectivity index (χ1) is 10.9. The Balaban J connectivity index is 1.79. The molecule has 23 heavy (non-hydrogen) atoms. The molecule has 2 aromatic heterocycles. The smallest absolute Gasteiger partial charge is 0.225 e. The van der Waals surface area contributed by atoms with Gasteiger partial charge in [0.1, 0.15) is 6.10 Å². The Bertz CT molecular complexity index is 767. The number of aliphatic hydroxyl groups is 1. The minimum atomic E-state index is -0.706. The molecular formula is C13H15Cl2N5O3. The van der Waals surface area contributed by atoms with Gasteiger partial charge in [-0.05, 0) is 31.9 Å². The van der Waals surface area contributed by atoms with Crippen molar-refractivity contribution in [2.75, 3.05) is 6.61 Å². The molecule has 0 radical (unpaired) electrons. The van der Waals surface area contributed by atoms with E-state index in [-0.39, 0.29) is 41.2 Å². The van der Waals surface area contributed by atoms with Crippen molar-refractivity contribution < 1.29 is 14.6 Å². The fraction of sp³-hybridized carbons (Fsp3) is 0.692. The number of hydrogen-bond acceptors (Lipinski definition) is 7. The molecule has 4 atom stereocenters. The minimum Gasteiger partial charge on any atom is -0.396 e. The summed E-state index contributed by atoms with van der Waals surface area (Å²) >= 11 is 11.9. The normalized spacial score (nSPS) is 32.6. The van der Waals surface area contributed by atoms with Crippen molar-refractivity contribution >= 4 is 34.4 Å². The summed E-state index contributed by atoms with van der Waals surface area (Å²) in [5.74, 6) is -0.749. The van der Waals surface area contributed by atoms with E-state index in [2.05, 4.69) is 20.3 Å². The quantitative estimate of drug-likeness (QED) is 0.642. The zero-order valence-electron chi connectivity index (χ0n) is 12.5. The van der Waals surface area contributed by atoms with Gasteiger partial charge in [0.2, 0.25) is 5.28 Å². The number of hydrogen-bond donors (Lipinski definition) is 1. The highest BCUT2D eigenvalue weighted by Crippen LogP contribution is 2.47. The molecule has 1 saturated heterocycles. The maximum absolute atomic E-state index is 9.65. The highest BCUT2D eigenvalue weighted by Gasteiger charge is 2.55. The van der Waals surface area contributed by atoms with Gasteiger partial charge >= 0.3 is 0 Å². The molecule has 2 aromatic rings. The van der Waals surface area contributed by atoms with Gasteiger partial charge in [0.05, 0.1) is 12.1 Å². The van der Waals surface area contributed by atoms with Crippen molar-refractivity contribution in [2.24, 2.45) is 5.92 Å². The highest BCUT2D eigenvalue weighted by molar-refractivity contribution is 6.35. The molecule has 10 heteroatoms. The Morgan fingerprint density at radius 1 is 1.26 bits per heavy atom. The van der Waals surface area contributed by atoms with Crippen molar-refractivity contribution in [3.05, 3.63) is 10.4 Å². The summed E-state index contributed by atoms with van der Waals surface area (Å²) in [6.45, 7) is 3.72. The summed E-state index contributed by atoms with van der Waals surface area (Å²) in [5, 5.41) is 18.0. The van der Waals surface area contributed by atoms with Crippen LogP contribution in [0.4, 0.5) is 0 Å². The topological polar surface area (TPSA) is 95.2 Å². The van der Waals surface area contributed by atoms with Crippen LogP contribution in [-0.2, 0) is 9.47 Å². The molecule has 1 N–H and O–H groups in total. The lowest BCUT2D eigenvalue weighted by Gasteiger charge is -2.23. The van der Waals surface area contributed by atoms with Crippen molar-refractivity contribution in [3.63, 3.8) is 0 Å². The van der Waals surface area contributed by atoms with Gasteiger partial charge in [-0.25, -0.2) is 9.67 Å². The summed E-state index contributed by atoms with van der Waals surface area (Å²) in [5.41, 5.74) is 0.837. The van der Waals surface area contributed by atoms with E-state index in [1.165, 1.54) is 0 Å². The van der Waals surface area contributed by atoms with Gasteiger partial charge in [0, 0.05) is 12.5 Å². The maximum atomic E-state index is 9.65. The summed E-state index contributed by atoms with van der Waals surface area (Å²) < 4.78 is 13.6. The highest BCUT2D eigenvalue weighted by atomic mass is 35.5. The molecular weight excluding hydrogens is 345 g/mol. The predicted octanol–water partition coefficient (Wildman–Crippen LogP) is 1.60. The molecule has 0 amide bonds. The van der Waals surface area contributed by atoms with Crippen LogP contribution in [0.3, 0.4) is 0 Å². The molecule has 2 fully saturated rings. The molecule has 1 unspecified atom stereocenters. The zero-order valence-corrected chi connectivity index (χ0v) is 14.0. The minimum absolute atomic E-state index is 0.0141. The Kier molecular flexibility index (Phi) is 3.51. The molecule has 1 aliphatic heterocycles. The second kappa shape index (κ2) is 5.22. The van der Waals surface area contributed by atoms with Crippen LogP contribution >= 0.6 is 23.2 Å². The van der Waals surface area contributed by atoms with E-state index in [4.69, 9.17) is 32.7 Å². The number of aliphatic hydroxyl groups excluding tert-OH is 1. The number of fused-ring (bicyclic) bond motifs is 2. The largest absolute Gasteiger partial charge is 0.396 e. The van der Waals surface area contributed by atoms with E-state index in [9.17, 15) is 5.11 Å². The number of aromatic nitrogens is 5. The second-order valence-electron chi connectivity index (χ2n) is 6.30. The van der Waals surface area contributed by atoms with Gasteiger partial charge in [-0.2, -0.15) is 4.98 Å². The average Bonchev–Trinajstić information content (AvgIpc) is 3.09. The monoisotopic (exact) mass is 359 g/mol. The third kappa shape index (κ3) is 2.40. The zero-order chi connectivity index (χ0) is 16.4.